The minimum atomic E-state index is 0.261. The van der Waals surface area contributed by atoms with E-state index in [9.17, 15) is 0 Å². The number of thiophene rings is 1. The smallest absolute Gasteiger partial charge is 0.0468 e. The third kappa shape index (κ3) is 3.48. The molecule has 0 saturated carbocycles. The molecular weight excluding hydrogens is 285 g/mol. The summed E-state index contributed by atoms with van der Waals surface area (Å²) in [5.74, 6) is 0. The molecule has 1 atom stereocenters. The van der Waals surface area contributed by atoms with Crippen LogP contribution in [0.25, 0.3) is 0 Å². The van der Waals surface area contributed by atoms with Gasteiger partial charge in [0, 0.05) is 21.0 Å². The van der Waals surface area contributed by atoms with Crippen LogP contribution in [0.2, 0.25) is 10.0 Å². The van der Waals surface area contributed by atoms with Gasteiger partial charge in [-0.2, -0.15) is 0 Å². The summed E-state index contributed by atoms with van der Waals surface area (Å²) < 4.78 is 0. The average Bonchev–Trinajstić information content (AvgIpc) is 2.85. The molecule has 0 aliphatic heterocycles. The van der Waals surface area contributed by atoms with Crippen molar-refractivity contribution in [2.24, 2.45) is 0 Å². The number of hydrogen-bond acceptors (Lipinski definition) is 2. The van der Waals surface area contributed by atoms with Crippen molar-refractivity contribution in [1.29, 1.82) is 0 Å². The van der Waals surface area contributed by atoms with E-state index in [1.54, 1.807) is 17.4 Å². The van der Waals surface area contributed by atoms with Crippen LogP contribution >= 0.6 is 34.5 Å². The number of rotatable bonds is 5. The Morgan fingerprint density at radius 1 is 1.28 bits per heavy atom. The topological polar surface area (TPSA) is 12.0 Å². The van der Waals surface area contributed by atoms with E-state index in [1.165, 1.54) is 4.88 Å². The Morgan fingerprint density at radius 2 is 2.11 bits per heavy atom. The van der Waals surface area contributed by atoms with Gasteiger partial charge >= 0.3 is 0 Å². The predicted octanol–water partition coefficient (Wildman–Crippen LogP) is 4.95. The van der Waals surface area contributed by atoms with E-state index in [1.807, 2.05) is 19.2 Å². The Balaban J connectivity index is 2.08. The molecule has 1 N–H and O–H groups in total. The third-order valence-electron chi connectivity index (χ3n) is 2.95. The van der Waals surface area contributed by atoms with E-state index in [0.717, 1.165) is 23.4 Å². The minimum Gasteiger partial charge on any atom is -0.313 e. The molecule has 0 fully saturated rings. The van der Waals surface area contributed by atoms with Crippen molar-refractivity contribution in [3.8, 4) is 0 Å². The van der Waals surface area contributed by atoms with E-state index >= 15 is 0 Å². The third-order valence-corrected chi connectivity index (χ3v) is 4.44. The van der Waals surface area contributed by atoms with Crippen molar-refractivity contribution in [2.45, 2.75) is 18.9 Å². The van der Waals surface area contributed by atoms with Crippen LogP contribution in [0.1, 0.15) is 22.9 Å². The van der Waals surface area contributed by atoms with E-state index in [-0.39, 0.29) is 6.04 Å². The van der Waals surface area contributed by atoms with Gasteiger partial charge in [0.05, 0.1) is 0 Å². The van der Waals surface area contributed by atoms with E-state index in [2.05, 4.69) is 22.8 Å². The summed E-state index contributed by atoms with van der Waals surface area (Å²) >= 11 is 14.0. The van der Waals surface area contributed by atoms with Gasteiger partial charge in [0.25, 0.3) is 0 Å². The fourth-order valence-corrected chi connectivity index (χ4v) is 3.25. The van der Waals surface area contributed by atoms with E-state index < -0.39 is 0 Å². The highest BCUT2D eigenvalue weighted by atomic mass is 35.5. The van der Waals surface area contributed by atoms with Gasteiger partial charge < -0.3 is 5.32 Å². The van der Waals surface area contributed by atoms with E-state index in [4.69, 9.17) is 23.2 Å². The zero-order valence-corrected chi connectivity index (χ0v) is 12.4. The summed E-state index contributed by atoms with van der Waals surface area (Å²) in [4.78, 5) is 1.40. The van der Waals surface area contributed by atoms with Gasteiger partial charge in [-0.3, -0.25) is 0 Å². The van der Waals surface area contributed by atoms with Gasteiger partial charge in [-0.05, 0) is 49.0 Å². The standard InChI is InChI=1S/C14H15Cl2NS/c1-17-14(7-5-11-3-2-8-18-11)12-6-4-10(15)9-13(12)16/h2-4,6,8-9,14,17H,5,7H2,1H3. The molecule has 1 unspecified atom stereocenters. The SMILES string of the molecule is CNC(CCc1cccs1)c1ccc(Cl)cc1Cl. The van der Waals surface area contributed by atoms with Crippen LogP contribution in [-0.4, -0.2) is 7.05 Å². The summed E-state index contributed by atoms with van der Waals surface area (Å²) in [6.45, 7) is 0. The highest BCUT2D eigenvalue weighted by molar-refractivity contribution is 7.09. The monoisotopic (exact) mass is 299 g/mol. The molecule has 1 aromatic carbocycles. The Kier molecular flexibility index (Phi) is 5.07. The quantitative estimate of drug-likeness (QED) is 0.824. The lowest BCUT2D eigenvalue weighted by molar-refractivity contribution is 0.551. The molecule has 4 heteroatoms. The maximum atomic E-state index is 6.24. The zero-order chi connectivity index (χ0) is 13.0. The Morgan fingerprint density at radius 3 is 2.72 bits per heavy atom. The normalized spacial score (nSPS) is 12.6. The maximum absolute atomic E-state index is 6.24. The second-order valence-corrected chi connectivity index (χ2v) is 6.00. The van der Waals surface area contributed by atoms with Gasteiger partial charge in [0.15, 0.2) is 0 Å². The molecule has 18 heavy (non-hydrogen) atoms. The highest BCUT2D eigenvalue weighted by Crippen LogP contribution is 2.29. The predicted molar refractivity (Wildman–Crippen MR) is 80.9 cm³/mol. The molecule has 1 aromatic heterocycles. The molecule has 2 rings (SSSR count). The lowest BCUT2D eigenvalue weighted by Gasteiger charge is -2.17. The first-order valence-electron chi connectivity index (χ1n) is 5.85. The molecule has 2 aromatic rings. The van der Waals surface area contributed by atoms with Crippen molar-refractivity contribution in [3.05, 3.63) is 56.2 Å². The first-order chi connectivity index (χ1) is 8.70. The number of benzene rings is 1. The molecule has 0 aliphatic carbocycles. The Labute approximate surface area is 122 Å². The molecule has 96 valence electrons. The maximum Gasteiger partial charge on any atom is 0.0468 e. The Bertz CT molecular complexity index is 497. The molecule has 1 heterocycles. The van der Waals surface area contributed by atoms with Gasteiger partial charge in [0.2, 0.25) is 0 Å². The summed E-state index contributed by atoms with van der Waals surface area (Å²) in [7, 11) is 1.96. The molecule has 0 bridgehead atoms. The van der Waals surface area contributed by atoms with Crippen LogP contribution < -0.4 is 5.32 Å². The van der Waals surface area contributed by atoms with Crippen molar-refractivity contribution >= 4 is 34.5 Å². The number of halogens is 2. The first-order valence-corrected chi connectivity index (χ1v) is 7.49. The number of aryl methyl sites for hydroxylation is 1. The Hall–Kier alpha value is -0.540. The summed E-state index contributed by atoms with van der Waals surface area (Å²) in [5, 5.41) is 6.84. The van der Waals surface area contributed by atoms with Gasteiger partial charge in [-0.15, -0.1) is 11.3 Å². The van der Waals surface area contributed by atoms with E-state index in [0.29, 0.717) is 5.02 Å². The molecular formula is C14H15Cl2NS. The van der Waals surface area contributed by atoms with Gasteiger partial charge in [-0.1, -0.05) is 35.3 Å². The fraction of sp³-hybridized carbons (Fsp3) is 0.286. The average molecular weight is 300 g/mol. The zero-order valence-electron chi connectivity index (χ0n) is 10.1. The second kappa shape index (κ2) is 6.58. The molecule has 0 spiro atoms. The highest BCUT2D eigenvalue weighted by Gasteiger charge is 2.13. The van der Waals surface area contributed by atoms with Crippen LogP contribution in [-0.2, 0) is 6.42 Å². The summed E-state index contributed by atoms with van der Waals surface area (Å²) in [6, 6.07) is 10.2. The van der Waals surface area contributed by atoms with Crippen LogP contribution in [0.4, 0.5) is 0 Å². The van der Waals surface area contributed by atoms with Crippen LogP contribution in [0.15, 0.2) is 35.7 Å². The lowest BCUT2D eigenvalue weighted by atomic mass is 10.0. The van der Waals surface area contributed by atoms with Crippen molar-refractivity contribution < 1.29 is 0 Å². The molecule has 0 saturated heterocycles. The van der Waals surface area contributed by atoms with Crippen molar-refractivity contribution in [3.63, 3.8) is 0 Å². The molecule has 1 nitrogen and oxygen atoms in total. The van der Waals surface area contributed by atoms with Gasteiger partial charge in [-0.25, -0.2) is 0 Å². The molecule has 0 aliphatic rings. The second-order valence-electron chi connectivity index (χ2n) is 4.13. The molecule has 0 amide bonds. The van der Waals surface area contributed by atoms with Crippen LogP contribution in [0.5, 0.6) is 0 Å². The number of nitrogens with one attached hydrogen (secondary N) is 1. The lowest BCUT2D eigenvalue weighted by Crippen LogP contribution is -2.17. The minimum absolute atomic E-state index is 0.261. The van der Waals surface area contributed by atoms with Crippen molar-refractivity contribution in [1.82, 2.24) is 5.32 Å². The molecule has 0 radical (unpaired) electrons. The van der Waals surface area contributed by atoms with Crippen molar-refractivity contribution in [2.75, 3.05) is 7.05 Å². The summed E-state index contributed by atoms with van der Waals surface area (Å²) in [5.41, 5.74) is 1.11. The fourth-order valence-electron chi connectivity index (χ4n) is 1.98. The van der Waals surface area contributed by atoms with Crippen LogP contribution in [0.3, 0.4) is 0 Å². The van der Waals surface area contributed by atoms with Gasteiger partial charge in [0.1, 0.15) is 0 Å². The number of hydrogen-bond donors (Lipinski definition) is 1. The van der Waals surface area contributed by atoms with Crippen LogP contribution in [0, 0.1) is 0 Å². The largest absolute Gasteiger partial charge is 0.313 e. The first kappa shape index (κ1) is 13.9. The summed E-state index contributed by atoms with van der Waals surface area (Å²) in [6.07, 6.45) is 2.08.